The summed E-state index contributed by atoms with van der Waals surface area (Å²) in [5.41, 5.74) is -0.0293. The highest BCUT2D eigenvalue weighted by Gasteiger charge is 2.47. The van der Waals surface area contributed by atoms with Gasteiger partial charge in [0.05, 0.1) is 12.1 Å². The summed E-state index contributed by atoms with van der Waals surface area (Å²) in [5, 5.41) is 8.52. The van der Waals surface area contributed by atoms with E-state index in [0.717, 1.165) is 13.0 Å². The number of rotatable bonds is 7. The number of amides is 2. The SMILES string of the molecule is CC(=O)c1ccc2c(c1)[C@H](NC(=O)c1ccc(F)cc1)[C@@H](OC(=O)CNC(=O)[C@@H]1CCCN1)C(C)(C)O2.Cl. The normalized spacial score (nSPS) is 21.2. The quantitative estimate of drug-likeness (QED) is 0.360. The van der Waals surface area contributed by atoms with Crippen molar-refractivity contribution < 1.29 is 33.0 Å². The summed E-state index contributed by atoms with van der Waals surface area (Å²) in [7, 11) is 0. The molecule has 38 heavy (non-hydrogen) atoms. The molecule has 1 saturated heterocycles. The molecule has 0 saturated carbocycles. The van der Waals surface area contributed by atoms with Gasteiger partial charge in [-0.15, -0.1) is 12.4 Å². The average molecular weight is 548 g/mol. The van der Waals surface area contributed by atoms with Crippen molar-refractivity contribution in [1.82, 2.24) is 16.0 Å². The maximum atomic E-state index is 13.4. The Morgan fingerprint density at radius 2 is 1.79 bits per heavy atom. The van der Waals surface area contributed by atoms with E-state index >= 15 is 0 Å². The van der Waals surface area contributed by atoms with Crippen LogP contribution in [0.4, 0.5) is 4.39 Å². The van der Waals surface area contributed by atoms with Gasteiger partial charge in [-0.05, 0) is 82.6 Å². The number of nitrogens with one attached hydrogen (secondary N) is 3. The Labute approximate surface area is 226 Å². The van der Waals surface area contributed by atoms with Crippen molar-refractivity contribution in [3.63, 3.8) is 0 Å². The summed E-state index contributed by atoms with van der Waals surface area (Å²) in [6.45, 7) is 5.23. The Morgan fingerprint density at radius 1 is 1.11 bits per heavy atom. The Kier molecular flexibility index (Phi) is 9.11. The topological polar surface area (TPSA) is 123 Å². The predicted octanol–water partition coefficient (Wildman–Crippen LogP) is 2.87. The highest BCUT2D eigenvalue weighted by Crippen LogP contribution is 2.42. The van der Waals surface area contributed by atoms with E-state index in [2.05, 4.69) is 16.0 Å². The van der Waals surface area contributed by atoms with Crippen LogP contribution in [0.1, 0.15) is 65.9 Å². The molecule has 0 spiro atoms. The van der Waals surface area contributed by atoms with Gasteiger partial charge in [0.2, 0.25) is 5.91 Å². The molecule has 3 atom stereocenters. The van der Waals surface area contributed by atoms with Gasteiger partial charge in [0.1, 0.15) is 23.7 Å². The summed E-state index contributed by atoms with van der Waals surface area (Å²) in [5.74, 6) is -1.77. The molecule has 2 aliphatic heterocycles. The van der Waals surface area contributed by atoms with Crippen molar-refractivity contribution in [3.8, 4) is 5.75 Å². The average Bonchev–Trinajstić information content (AvgIpc) is 3.39. The Bertz CT molecular complexity index is 1210. The fourth-order valence-corrected chi connectivity index (χ4v) is 4.57. The van der Waals surface area contributed by atoms with Crippen LogP contribution in [0.3, 0.4) is 0 Å². The van der Waals surface area contributed by atoms with Gasteiger partial charge in [0.25, 0.3) is 5.91 Å². The lowest BCUT2D eigenvalue weighted by atomic mass is 9.85. The summed E-state index contributed by atoms with van der Waals surface area (Å²) < 4.78 is 25.3. The lowest BCUT2D eigenvalue weighted by molar-refractivity contribution is -0.164. The number of hydrogen-bond donors (Lipinski definition) is 3. The minimum absolute atomic E-state index is 0. The number of benzene rings is 2. The summed E-state index contributed by atoms with van der Waals surface area (Å²) in [4.78, 5) is 50.3. The number of halogens is 2. The lowest BCUT2D eigenvalue weighted by Gasteiger charge is -2.44. The fourth-order valence-electron chi connectivity index (χ4n) is 4.57. The second-order valence-electron chi connectivity index (χ2n) is 9.75. The third kappa shape index (κ3) is 6.49. The first-order valence-corrected chi connectivity index (χ1v) is 12.2. The molecule has 11 heteroatoms. The van der Waals surface area contributed by atoms with E-state index in [9.17, 15) is 23.6 Å². The summed E-state index contributed by atoms with van der Waals surface area (Å²) >= 11 is 0. The van der Waals surface area contributed by atoms with Crippen LogP contribution in [0.5, 0.6) is 5.75 Å². The Hall–Kier alpha value is -3.50. The van der Waals surface area contributed by atoms with E-state index in [-0.39, 0.29) is 42.2 Å². The third-order valence-electron chi connectivity index (χ3n) is 6.55. The number of carbonyl (C=O) groups excluding carboxylic acids is 4. The van der Waals surface area contributed by atoms with Gasteiger partial charge in [0, 0.05) is 16.7 Å². The number of ether oxygens (including phenoxy) is 2. The van der Waals surface area contributed by atoms with Gasteiger partial charge in [-0.25, -0.2) is 4.39 Å². The molecular weight excluding hydrogens is 517 g/mol. The molecule has 2 aromatic rings. The fraction of sp³-hybridized carbons (Fsp3) is 0.407. The first kappa shape index (κ1) is 29.1. The van der Waals surface area contributed by atoms with Crippen molar-refractivity contribution in [3.05, 3.63) is 65.0 Å². The Balaban J connectivity index is 0.00000400. The van der Waals surface area contributed by atoms with Crippen LogP contribution in [0.25, 0.3) is 0 Å². The first-order chi connectivity index (χ1) is 17.5. The van der Waals surface area contributed by atoms with Crippen LogP contribution >= 0.6 is 12.4 Å². The molecule has 3 N–H and O–H groups in total. The van der Waals surface area contributed by atoms with Crippen LogP contribution in [0, 0.1) is 5.82 Å². The predicted molar refractivity (Wildman–Crippen MR) is 139 cm³/mol. The molecule has 0 aromatic heterocycles. The van der Waals surface area contributed by atoms with E-state index in [0.29, 0.717) is 23.3 Å². The number of carbonyl (C=O) groups is 4. The molecule has 2 heterocycles. The van der Waals surface area contributed by atoms with Crippen LogP contribution in [-0.2, 0) is 14.3 Å². The lowest BCUT2D eigenvalue weighted by Crippen LogP contribution is -2.56. The molecule has 204 valence electrons. The molecule has 1 fully saturated rings. The van der Waals surface area contributed by atoms with Crippen molar-refractivity contribution in [2.45, 2.75) is 57.4 Å². The maximum absolute atomic E-state index is 13.4. The molecule has 2 aromatic carbocycles. The minimum atomic E-state index is -1.09. The highest BCUT2D eigenvalue weighted by molar-refractivity contribution is 5.96. The van der Waals surface area contributed by atoms with E-state index in [1.54, 1.807) is 32.0 Å². The third-order valence-corrected chi connectivity index (χ3v) is 6.55. The minimum Gasteiger partial charge on any atom is -0.484 e. The van der Waals surface area contributed by atoms with Gasteiger partial charge in [-0.3, -0.25) is 19.2 Å². The smallest absolute Gasteiger partial charge is 0.325 e. The van der Waals surface area contributed by atoms with E-state index < -0.39 is 35.4 Å². The largest absolute Gasteiger partial charge is 0.484 e. The monoisotopic (exact) mass is 547 g/mol. The second kappa shape index (κ2) is 11.9. The zero-order valence-corrected chi connectivity index (χ0v) is 22.2. The standard InChI is InChI=1S/C27H30FN3O6.ClH/c1-15(32)17-8-11-21-19(13-17)23(31-25(34)16-6-9-18(28)10-7-16)24(27(2,3)37-21)36-22(33)14-30-26(35)20-5-4-12-29-20;/h6-11,13,20,23-24,29H,4-5,12,14H2,1-3H3,(H,30,35)(H,31,34);1H/t20-,23-,24+;/m0./s1. The van der Waals surface area contributed by atoms with Crippen LogP contribution in [0.15, 0.2) is 42.5 Å². The highest BCUT2D eigenvalue weighted by atomic mass is 35.5. The molecule has 2 amide bonds. The van der Waals surface area contributed by atoms with Crippen molar-refractivity contribution >= 4 is 36.0 Å². The first-order valence-electron chi connectivity index (χ1n) is 12.2. The van der Waals surface area contributed by atoms with Gasteiger partial charge in [-0.1, -0.05) is 0 Å². The molecule has 0 radical (unpaired) electrons. The second-order valence-corrected chi connectivity index (χ2v) is 9.75. The van der Waals surface area contributed by atoms with Crippen molar-refractivity contribution in [2.75, 3.05) is 13.1 Å². The van der Waals surface area contributed by atoms with Crippen molar-refractivity contribution in [1.29, 1.82) is 0 Å². The van der Waals surface area contributed by atoms with Crippen LogP contribution < -0.4 is 20.7 Å². The molecule has 0 aliphatic carbocycles. The summed E-state index contributed by atoms with van der Waals surface area (Å²) in [6.07, 6.45) is 0.560. The van der Waals surface area contributed by atoms with Gasteiger partial charge in [0.15, 0.2) is 11.9 Å². The number of Topliss-reactive ketones (excluding diaryl/α,β-unsaturated/α-hetero) is 1. The van der Waals surface area contributed by atoms with Crippen LogP contribution in [0.2, 0.25) is 0 Å². The molecule has 9 nitrogen and oxygen atoms in total. The van der Waals surface area contributed by atoms with Gasteiger partial charge < -0.3 is 25.4 Å². The maximum Gasteiger partial charge on any atom is 0.325 e. The molecule has 2 aliphatic rings. The number of hydrogen-bond acceptors (Lipinski definition) is 7. The number of esters is 1. The zero-order chi connectivity index (χ0) is 26.7. The molecule has 4 rings (SSSR count). The van der Waals surface area contributed by atoms with Gasteiger partial charge >= 0.3 is 5.97 Å². The molecule has 0 bridgehead atoms. The molecule has 0 unspecified atom stereocenters. The number of fused-ring (bicyclic) bond motifs is 1. The zero-order valence-electron chi connectivity index (χ0n) is 21.3. The van der Waals surface area contributed by atoms with Crippen LogP contribution in [-0.4, -0.2) is 54.4 Å². The Morgan fingerprint density at radius 3 is 2.42 bits per heavy atom. The van der Waals surface area contributed by atoms with E-state index in [4.69, 9.17) is 9.47 Å². The molecular formula is C27H31ClFN3O6. The van der Waals surface area contributed by atoms with Gasteiger partial charge in [-0.2, -0.15) is 0 Å². The van der Waals surface area contributed by atoms with E-state index in [1.165, 1.54) is 31.2 Å². The van der Waals surface area contributed by atoms with E-state index in [1.807, 2.05) is 0 Å². The van der Waals surface area contributed by atoms with Crippen molar-refractivity contribution in [2.24, 2.45) is 0 Å². The summed E-state index contributed by atoms with van der Waals surface area (Å²) in [6, 6.07) is 8.64. The number of ketones is 1.